The average molecular weight is 532 g/mol. The maximum absolute atomic E-state index is 9.94. The number of anilines is 1. The summed E-state index contributed by atoms with van der Waals surface area (Å²) >= 11 is 2.29. The number of allylic oxidation sites excluding steroid dienone is 1. The number of nitriles is 2. The lowest BCUT2D eigenvalue weighted by Gasteiger charge is -2.21. The maximum Gasteiger partial charge on any atom is 0.127 e. The molecule has 4 rings (SSSR count). The van der Waals surface area contributed by atoms with Crippen molar-refractivity contribution < 1.29 is 0 Å². The number of hydrogen-bond donors (Lipinski definition) is 1. The molecule has 2 heterocycles. The molecule has 158 valence electrons. The topological polar surface area (TPSA) is 94.1 Å². The predicted molar refractivity (Wildman–Crippen MR) is 135 cm³/mol. The maximum atomic E-state index is 9.94. The van der Waals surface area contributed by atoms with Gasteiger partial charge in [-0.2, -0.15) is 15.6 Å². The third-order valence-corrected chi connectivity index (χ3v) is 6.26. The number of nitrogens with zero attached hydrogens (tertiary/aromatic N) is 5. The number of rotatable bonds is 4. The molecule has 2 atom stereocenters. The molecule has 0 bridgehead atoms. The van der Waals surface area contributed by atoms with Gasteiger partial charge in [-0.15, -0.1) is 0 Å². The van der Waals surface area contributed by atoms with E-state index in [1.807, 2.05) is 50.2 Å². The van der Waals surface area contributed by atoms with E-state index in [0.29, 0.717) is 11.3 Å². The summed E-state index contributed by atoms with van der Waals surface area (Å²) in [7, 11) is 0. The molecule has 7 heteroatoms. The average Bonchev–Trinajstić information content (AvgIpc) is 3.28. The Morgan fingerprint density at radius 3 is 2.38 bits per heavy atom. The van der Waals surface area contributed by atoms with Crippen LogP contribution >= 0.6 is 22.6 Å². The van der Waals surface area contributed by atoms with Gasteiger partial charge in [-0.25, -0.2) is 5.01 Å². The highest BCUT2D eigenvalue weighted by Gasteiger charge is 2.37. The summed E-state index contributed by atoms with van der Waals surface area (Å²) in [5.41, 5.74) is 11.9. The van der Waals surface area contributed by atoms with E-state index in [2.05, 4.69) is 68.7 Å². The van der Waals surface area contributed by atoms with Gasteiger partial charge in [-0.05, 0) is 90.5 Å². The van der Waals surface area contributed by atoms with Crippen LogP contribution in [0, 0.1) is 46.0 Å². The van der Waals surface area contributed by atoms with Crippen molar-refractivity contribution in [2.75, 3.05) is 5.01 Å². The van der Waals surface area contributed by atoms with Crippen LogP contribution in [-0.4, -0.2) is 16.4 Å². The minimum atomic E-state index is -0.708. The molecule has 0 amide bonds. The van der Waals surface area contributed by atoms with Crippen LogP contribution in [0.5, 0.6) is 0 Å². The summed E-state index contributed by atoms with van der Waals surface area (Å²) in [6.45, 7) is 4.05. The van der Waals surface area contributed by atoms with E-state index in [9.17, 15) is 10.5 Å². The molecule has 0 unspecified atom stereocenters. The van der Waals surface area contributed by atoms with Crippen LogP contribution in [-0.2, 0) is 0 Å². The molecule has 0 saturated heterocycles. The van der Waals surface area contributed by atoms with Crippen molar-refractivity contribution in [1.82, 2.24) is 4.57 Å². The zero-order chi connectivity index (χ0) is 22.8. The number of halogens is 1. The molecule has 0 saturated carbocycles. The van der Waals surface area contributed by atoms with E-state index in [0.717, 1.165) is 28.3 Å². The van der Waals surface area contributed by atoms with Gasteiger partial charge in [-0.1, -0.05) is 18.2 Å². The molecule has 0 aliphatic carbocycles. The molecular weight excluding hydrogens is 511 g/mol. The lowest BCUT2D eigenvalue weighted by Crippen LogP contribution is -2.40. The molecular formula is C25H21IN6. The fourth-order valence-electron chi connectivity index (χ4n) is 3.96. The molecule has 32 heavy (non-hydrogen) atoms. The van der Waals surface area contributed by atoms with E-state index in [-0.39, 0.29) is 0 Å². The number of benzene rings is 2. The van der Waals surface area contributed by atoms with E-state index >= 15 is 0 Å². The van der Waals surface area contributed by atoms with Gasteiger partial charge in [0.1, 0.15) is 18.2 Å². The highest BCUT2D eigenvalue weighted by molar-refractivity contribution is 14.1. The van der Waals surface area contributed by atoms with Gasteiger partial charge >= 0.3 is 0 Å². The summed E-state index contributed by atoms with van der Waals surface area (Å²) in [6, 6.07) is 24.2. The standard InChI is InChI=1S/C25H21IN6/c1-16-12-18(17(2)31(16)21-10-8-20(26)9-11-21)13-19(14-27)24-23(15-28)25(29)32(30-24)22-6-4-3-5-7-22/h3-13,23,25H,29H2,1-2H3/b19-13-/t23-,25+/m1/s1. The van der Waals surface area contributed by atoms with Crippen molar-refractivity contribution in [3.8, 4) is 17.8 Å². The number of hydrogen-bond acceptors (Lipinski definition) is 5. The minimum Gasteiger partial charge on any atom is -0.318 e. The second-order valence-electron chi connectivity index (χ2n) is 7.57. The zero-order valence-corrected chi connectivity index (χ0v) is 19.9. The second-order valence-corrected chi connectivity index (χ2v) is 8.82. The Bertz CT molecular complexity index is 1290. The van der Waals surface area contributed by atoms with Crippen LogP contribution in [0.25, 0.3) is 11.8 Å². The number of para-hydroxylation sites is 1. The van der Waals surface area contributed by atoms with Crippen LogP contribution in [0.4, 0.5) is 5.69 Å². The summed E-state index contributed by atoms with van der Waals surface area (Å²) in [4.78, 5) is 0. The smallest absolute Gasteiger partial charge is 0.127 e. The summed E-state index contributed by atoms with van der Waals surface area (Å²) in [5, 5.41) is 25.9. The first-order valence-corrected chi connectivity index (χ1v) is 11.2. The number of nitrogens with two attached hydrogens (primary N) is 1. The van der Waals surface area contributed by atoms with E-state index in [4.69, 9.17) is 5.73 Å². The predicted octanol–water partition coefficient (Wildman–Crippen LogP) is 4.91. The second kappa shape index (κ2) is 8.99. The van der Waals surface area contributed by atoms with Crippen molar-refractivity contribution in [3.05, 3.63) is 86.8 Å². The van der Waals surface area contributed by atoms with Gasteiger partial charge < -0.3 is 10.3 Å². The Labute approximate surface area is 201 Å². The molecule has 0 fully saturated rings. The zero-order valence-electron chi connectivity index (χ0n) is 17.7. The number of aromatic nitrogens is 1. The Kier molecular flexibility index (Phi) is 6.13. The number of hydrazone groups is 1. The molecule has 1 aromatic heterocycles. The normalized spacial score (nSPS) is 18.2. The van der Waals surface area contributed by atoms with Crippen LogP contribution in [0.2, 0.25) is 0 Å². The fraction of sp³-hybridized carbons (Fsp3) is 0.160. The lowest BCUT2D eigenvalue weighted by molar-refractivity contribution is 0.624. The molecule has 2 N–H and O–H groups in total. The Morgan fingerprint density at radius 2 is 1.75 bits per heavy atom. The molecule has 2 aromatic carbocycles. The Balaban J connectivity index is 1.76. The largest absolute Gasteiger partial charge is 0.318 e. The molecule has 3 aromatic rings. The van der Waals surface area contributed by atoms with Crippen molar-refractivity contribution >= 4 is 40.1 Å². The molecule has 6 nitrogen and oxygen atoms in total. The van der Waals surface area contributed by atoms with Crippen molar-refractivity contribution in [3.63, 3.8) is 0 Å². The van der Waals surface area contributed by atoms with Gasteiger partial charge in [0.15, 0.2) is 0 Å². The Morgan fingerprint density at radius 1 is 1.06 bits per heavy atom. The van der Waals surface area contributed by atoms with E-state index < -0.39 is 12.1 Å². The van der Waals surface area contributed by atoms with Crippen LogP contribution < -0.4 is 10.7 Å². The van der Waals surface area contributed by atoms with Crippen molar-refractivity contribution in [1.29, 1.82) is 10.5 Å². The molecule has 0 radical (unpaired) electrons. The Hall–Kier alpha value is -3.40. The van der Waals surface area contributed by atoms with Gasteiger partial charge in [0.25, 0.3) is 0 Å². The van der Waals surface area contributed by atoms with Gasteiger partial charge in [0, 0.05) is 20.6 Å². The summed E-state index contributed by atoms with van der Waals surface area (Å²) in [5.74, 6) is -0.708. The lowest BCUT2D eigenvalue weighted by atomic mass is 9.95. The van der Waals surface area contributed by atoms with E-state index in [1.165, 1.54) is 3.57 Å². The fourth-order valence-corrected chi connectivity index (χ4v) is 4.32. The van der Waals surface area contributed by atoms with Gasteiger partial charge in [0.05, 0.1) is 23.0 Å². The minimum absolute atomic E-state index is 0.341. The number of aryl methyl sites for hydroxylation is 1. The van der Waals surface area contributed by atoms with Gasteiger partial charge in [-0.3, -0.25) is 0 Å². The third kappa shape index (κ3) is 3.93. The highest BCUT2D eigenvalue weighted by Crippen LogP contribution is 2.30. The van der Waals surface area contributed by atoms with Crippen molar-refractivity contribution in [2.24, 2.45) is 16.8 Å². The van der Waals surface area contributed by atoms with E-state index in [1.54, 1.807) is 11.1 Å². The van der Waals surface area contributed by atoms with Gasteiger partial charge in [0.2, 0.25) is 0 Å². The molecule has 1 aliphatic rings. The first kappa shape index (κ1) is 21.8. The third-order valence-electron chi connectivity index (χ3n) is 5.55. The van der Waals surface area contributed by atoms with Crippen molar-refractivity contribution in [2.45, 2.75) is 20.0 Å². The molecule has 1 aliphatic heterocycles. The van der Waals surface area contributed by atoms with Crippen LogP contribution in [0.1, 0.15) is 17.0 Å². The summed E-state index contributed by atoms with van der Waals surface area (Å²) < 4.78 is 3.32. The van der Waals surface area contributed by atoms with Crippen LogP contribution in [0.15, 0.2) is 71.3 Å². The molecule has 0 spiro atoms. The first-order valence-electron chi connectivity index (χ1n) is 10.1. The van der Waals surface area contributed by atoms with Crippen LogP contribution in [0.3, 0.4) is 0 Å². The highest BCUT2D eigenvalue weighted by atomic mass is 127. The SMILES string of the molecule is Cc1cc(/C=C(/C#N)C2=NN(c3ccccc3)[C@H](N)[C@@H]2C#N)c(C)n1-c1ccc(I)cc1. The monoisotopic (exact) mass is 532 g/mol. The quantitative estimate of drug-likeness (QED) is 0.382. The first-order chi connectivity index (χ1) is 15.4. The summed E-state index contributed by atoms with van der Waals surface area (Å²) in [6.07, 6.45) is 1.14.